The van der Waals surface area contributed by atoms with E-state index in [9.17, 15) is 25.5 Å². The number of aliphatic hydroxyl groups excluding tert-OH is 6. The third kappa shape index (κ3) is 5.40. The van der Waals surface area contributed by atoms with E-state index < -0.39 is 36.5 Å². The molecule has 5 atom stereocenters. The molecule has 0 bridgehead atoms. The van der Waals surface area contributed by atoms with Crippen molar-refractivity contribution in [1.82, 2.24) is 9.66 Å². The van der Waals surface area contributed by atoms with Crippen molar-refractivity contribution in [3.05, 3.63) is 78.5 Å². The number of nitrogens with zero attached hydrogens (tertiary/aromatic N) is 2. The zero-order chi connectivity index (χ0) is 25.8. The van der Waals surface area contributed by atoms with Crippen LogP contribution in [0.3, 0.4) is 0 Å². The number of aromatic nitrogens is 2. The van der Waals surface area contributed by atoms with Gasteiger partial charge < -0.3 is 30.6 Å². The summed E-state index contributed by atoms with van der Waals surface area (Å²) in [6.07, 6.45) is -7.27. The van der Waals surface area contributed by atoms with Gasteiger partial charge in [-0.3, -0.25) is 5.43 Å². The van der Waals surface area contributed by atoms with Crippen molar-refractivity contribution in [2.75, 3.05) is 12.0 Å². The summed E-state index contributed by atoms with van der Waals surface area (Å²) in [5.74, 6) is 0. The molecule has 3 aromatic carbocycles. The molecule has 0 saturated heterocycles. The lowest BCUT2D eigenvalue weighted by atomic mass is 10.0. The van der Waals surface area contributed by atoms with Crippen LogP contribution in [-0.2, 0) is 0 Å². The van der Waals surface area contributed by atoms with Crippen molar-refractivity contribution < 1.29 is 30.6 Å². The molecule has 0 aliphatic rings. The average Bonchev–Trinajstić information content (AvgIpc) is 3.21. The first-order valence-electron chi connectivity index (χ1n) is 11.4. The van der Waals surface area contributed by atoms with Gasteiger partial charge in [-0.25, -0.2) is 9.66 Å². The van der Waals surface area contributed by atoms with Crippen LogP contribution >= 0.6 is 11.8 Å². The Kier molecular flexibility index (Phi) is 8.27. The standard InChI is InChI=1S/C26H29N3O6S/c1-15-21(17-9-3-2-4-10-17)29(28-19-13-7-11-16-8-5-6-12-18(16)19)26(27-15)36-25(35)24(34)23(33)22(32)20(31)14-30/h2-13,20,22-25,28,30-35H,14H2,1H3. The van der Waals surface area contributed by atoms with E-state index in [2.05, 4.69) is 10.4 Å². The van der Waals surface area contributed by atoms with Gasteiger partial charge in [-0.1, -0.05) is 78.5 Å². The molecule has 36 heavy (non-hydrogen) atoms. The number of aryl methyl sites for hydroxylation is 1. The molecule has 0 spiro atoms. The highest BCUT2D eigenvalue weighted by atomic mass is 32.2. The molecule has 1 aromatic heterocycles. The van der Waals surface area contributed by atoms with Gasteiger partial charge >= 0.3 is 0 Å². The SMILES string of the molecule is Cc1nc(SC(O)C(O)C(O)C(O)C(O)CO)n(Nc2cccc3ccccc23)c1-c1ccccc1. The molecule has 0 radical (unpaired) electrons. The summed E-state index contributed by atoms with van der Waals surface area (Å²) in [5.41, 5.74) is 4.84. The average molecular weight is 512 g/mol. The second-order valence-electron chi connectivity index (χ2n) is 8.40. The largest absolute Gasteiger partial charge is 0.394 e. The van der Waals surface area contributed by atoms with Crippen LogP contribution in [0.5, 0.6) is 0 Å². The van der Waals surface area contributed by atoms with E-state index in [1.165, 1.54) is 0 Å². The third-order valence-electron chi connectivity index (χ3n) is 5.89. The van der Waals surface area contributed by atoms with Gasteiger partial charge in [0.2, 0.25) is 0 Å². The Morgan fingerprint density at radius 2 is 1.50 bits per heavy atom. The number of benzene rings is 3. The van der Waals surface area contributed by atoms with Gasteiger partial charge in [0, 0.05) is 10.9 Å². The van der Waals surface area contributed by atoms with Gasteiger partial charge in [-0.15, -0.1) is 0 Å². The molecule has 0 aliphatic carbocycles. The topological polar surface area (TPSA) is 151 Å². The van der Waals surface area contributed by atoms with Gasteiger partial charge in [0.25, 0.3) is 0 Å². The first-order chi connectivity index (χ1) is 17.3. The van der Waals surface area contributed by atoms with Gasteiger partial charge in [-0.2, -0.15) is 0 Å². The van der Waals surface area contributed by atoms with E-state index in [-0.39, 0.29) is 0 Å². The normalized spacial score (nSPS) is 15.9. The quantitative estimate of drug-likeness (QED) is 0.125. The predicted octanol–water partition coefficient (Wildman–Crippen LogP) is 1.73. The van der Waals surface area contributed by atoms with E-state index in [0.29, 0.717) is 10.9 Å². The Morgan fingerprint density at radius 3 is 2.22 bits per heavy atom. The number of imidazole rings is 1. The summed E-state index contributed by atoms with van der Waals surface area (Å²) in [6, 6.07) is 23.3. The van der Waals surface area contributed by atoms with E-state index in [1.807, 2.05) is 79.7 Å². The van der Waals surface area contributed by atoms with Crippen LogP contribution in [0.25, 0.3) is 22.0 Å². The lowest BCUT2D eigenvalue weighted by Crippen LogP contribution is -2.49. The molecule has 4 aromatic rings. The second kappa shape index (κ2) is 11.4. The summed E-state index contributed by atoms with van der Waals surface area (Å²) in [7, 11) is 0. The Bertz CT molecular complexity index is 1300. The first kappa shape index (κ1) is 26.1. The fraction of sp³-hybridized carbons (Fsp3) is 0.269. The number of aliphatic hydroxyl groups is 6. The van der Waals surface area contributed by atoms with E-state index in [4.69, 9.17) is 5.11 Å². The number of anilines is 1. The lowest BCUT2D eigenvalue weighted by molar-refractivity contribution is -0.127. The van der Waals surface area contributed by atoms with Crippen LogP contribution < -0.4 is 5.43 Å². The zero-order valence-corrected chi connectivity index (χ0v) is 20.3. The number of hydrogen-bond acceptors (Lipinski definition) is 9. The van der Waals surface area contributed by atoms with Crippen molar-refractivity contribution in [2.24, 2.45) is 0 Å². The van der Waals surface area contributed by atoms with Crippen molar-refractivity contribution in [1.29, 1.82) is 0 Å². The molecule has 9 nitrogen and oxygen atoms in total. The third-order valence-corrected chi connectivity index (χ3v) is 6.89. The number of nitrogens with one attached hydrogen (secondary N) is 1. The van der Waals surface area contributed by atoms with Crippen LogP contribution in [0, 0.1) is 6.92 Å². The van der Waals surface area contributed by atoms with Crippen molar-refractivity contribution in [3.8, 4) is 11.3 Å². The molecule has 0 aliphatic heterocycles. The highest BCUT2D eigenvalue weighted by Gasteiger charge is 2.35. The second-order valence-corrected chi connectivity index (χ2v) is 9.48. The fourth-order valence-corrected chi connectivity index (χ4v) is 4.90. The molecule has 7 N–H and O–H groups in total. The highest BCUT2D eigenvalue weighted by Crippen LogP contribution is 2.33. The van der Waals surface area contributed by atoms with E-state index >= 15 is 0 Å². The highest BCUT2D eigenvalue weighted by molar-refractivity contribution is 7.99. The maximum atomic E-state index is 10.7. The summed E-state index contributed by atoms with van der Waals surface area (Å²) < 4.78 is 1.71. The summed E-state index contributed by atoms with van der Waals surface area (Å²) in [6.45, 7) is 1.01. The summed E-state index contributed by atoms with van der Waals surface area (Å²) in [5, 5.41) is 62.2. The maximum Gasteiger partial charge on any atom is 0.190 e. The van der Waals surface area contributed by atoms with Crippen LogP contribution in [0.15, 0.2) is 78.0 Å². The van der Waals surface area contributed by atoms with Gasteiger partial charge in [0.1, 0.15) is 29.9 Å². The van der Waals surface area contributed by atoms with Crippen LogP contribution in [0.4, 0.5) is 5.69 Å². The van der Waals surface area contributed by atoms with Crippen molar-refractivity contribution in [2.45, 2.75) is 41.9 Å². The molecular formula is C26H29N3O6S. The number of rotatable bonds is 10. The van der Waals surface area contributed by atoms with Crippen LogP contribution in [-0.4, -0.2) is 76.8 Å². The van der Waals surface area contributed by atoms with Gasteiger partial charge in [-0.05, 0) is 18.4 Å². The first-order valence-corrected chi connectivity index (χ1v) is 12.3. The van der Waals surface area contributed by atoms with Crippen LogP contribution in [0.1, 0.15) is 5.69 Å². The Balaban J connectivity index is 1.72. The molecular weight excluding hydrogens is 482 g/mol. The predicted molar refractivity (Wildman–Crippen MR) is 138 cm³/mol. The Labute approximate surface area is 212 Å². The molecule has 0 saturated carbocycles. The molecule has 10 heteroatoms. The van der Waals surface area contributed by atoms with E-state index in [1.54, 1.807) is 4.68 Å². The van der Waals surface area contributed by atoms with Crippen molar-refractivity contribution >= 4 is 28.2 Å². The minimum Gasteiger partial charge on any atom is -0.394 e. The molecule has 0 fully saturated rings. The monoisotopic (exact) mass is 511 g/mol. The molecule has 4 rings (SSSR count). The van der Waals surface area contributed by atoms with Crippen molar-refractivity contribution in [3.63, 3.8) is 0 Å². The van der Waals surface area contributed by atoms with Crippen LogP contribution in [0.2, 0.25) is 0 Å². The number of hydrogen-bond donors (Lipinski definition) is 7. The Morgan fingerprint density at radius 1 is 0.833 bits per heavy atom. The molecule has 1 heterocycles. The molecule has 5 unspecified atom stereocenters. The summed E-state index contributed by atoms with van der Waals surface area (Å²) in [4.78, 5) is 4.60. The number of thioether (sulfide) groups is 1. The van der Waals surface area contributed by atoms with Gasteiger partial charge in [0.05, 0.1) is 23.7 Å². The minimum atomic E-state index is -1.90. The zero-order valence-electron chi connectivity index (χ0n) is 19.5. The maximum absolute atomic E-state index is 10.7. The fourth-order valence-electron chi connectivity index (χ4n) is 3.95. The van der Waals surface area contributed by atoms with Gasteiger partial charge in [0.15, 0.2) is 5.16 Å². The number of fused-ring (bicyclic) bond motifs is 1. The molecule has 190 valence electrons. The smallest absolute Gasteiger partial charge is 0.190 e. The van der Waals surface area contributed by atoms with E-state index in [0.717, 1.165) is 39.5 Å². The Hall–Kier alpha value is -2.96. The molecule has 0 amide bonds. The lowest BCUT2D eigenvalue weighted by Gasteiger charge is -2.28. The summed E-state index contributed by atoms with van der Waals surface area (Å²) >= 11 is 0.777. The minimum absolute atomic E-state index is 0.301.